The third-order valence-electron chi connectivity index (χ3n) is 2.43. The third-order valence-corrected chi connectivity index (χ3v) is 2.76. The summed E-state index contributed by atoms with van der Waals surface area (Å²) in [6.07, 6.45) is 0. The molecule has 98 valence electrons. The maximum atomic E-state index is 13.3. The Balaban J connectivity index is 2.07. The molecule has 0 aromatic heterocycles. The van der Waals surface area contributed by atoms with Gasteiger partial charge in [-0.15, -0.1) is 0 Å². The van der Waals surface area contributed by atoms with Gasteiger partial charge in [-0.1, -0.05) is 23.7 Å². The molecule has 0 aliphatic rings. The summed E-state index contributed by atoms with van der Waals surface area (Å²) in [5.41, 5.74) is 0.298. The van der Waals surface area contributed by atoms with Crippen molar-refractivity contribution < 1.29 is 18.3 Å². The average molecular weight is 283 g/mol. The maximum absolute atomic E-state index is 13.3. The minimum absolute atomic E-state index is 0.179. The molecule has 0 bridgehead atoms. The van der Waals surface area contributed by atoms with Gasteiger partial charge in [-0.05, 0) is 24.3 Å². The van der Waals surface area contributed by atoms with Gasteiger partial charge in [0.15, 0.2) is 18.2 Å². The molecule has 0 fully saturated rings. The Morgan fingerprint density at radius 2 is 1.89 bits per heavy atom. The van der Waals surface area contributed by atoms with Gasteiger partial charge in [-0.2, -0.15) is 0 Å². The van der Waals surface area contributed by atoms with Crippen LogP contribution in [-0.2, 0) is 0 Å². The van der Waals surface area contributed by atoms with Crippen molar-refractivity contribution >= 4 is 17.4 Å². The van der Waals surface area contributed by atoms with E-state index in [0.29, 0.717) is 16.7 Å². The zero-order chi connectivity index (χ0) is 13.8. The molecular weight excluding hydrogens is 274 g/mol. The van der Waals surface area contributed by atoms with Crippen LogP contribution in [0.4, 0.5) is 8.78 Å². The Morgan fingerprint density at radius 1 is 1.16 bits per heavy atom. The van der Waals surface area contributed by atoms with Gasteiger partial charge in [0.2, 0.25) is 5.78 Å². The summed E-state index contributed by atoms with van der Waals surface area (Å²) in [7, 11) is 0. The molecule has 2 nitrogen and oxygen atoms in total. The van der Waals surface area contributed by atoms with E-state index in [1.165, 1.54) is 0 Å². The Kier molecular flexibility index (Phi) is 4.12. The van der Waals surface area contributed by atoms with Crippen LogP contribution in [0.1, 0.15) is 10.4 Å². The van der Waals surface area contributed by atoms with Crippen molar-refractivity contribution in [3.63, 3.8) is 0 Å². The molecule has 0 amide bonds. The van der Waals surface area contributed by atoms with Crippen LogP contribution in [0.5, 0.6) is 5.75 Å². The molecule has 0 aliphatic heterocycles. The number of carbonyl (C=O) groups is 1. The fourth-order valence-electron chi connectivity index (χ4n) is 1.50. The molecule has 5 heteroatoms. The predicted molar refractivity (Wildman–Crippen MR) is 67.6 cm³/mol. The van der Waals surface area contributed by atoms with E-state index in [2.05, 4.69) is 0 Å². The summed E-state index contributed by atoms with van der Waals surface area (Å²) >= 11 is 5.85. The zero-order valence-electron chi connectivity index (χ0n) is 9.70. The summed E-state index contributed by atoms with van der Waals surface area (Å²) < 4.78 is 31.0. The largest absolute Gasteiger partial charge is 0.482 e. The van der Waals surface area contributed by atoms with Crippen molar-refractivity contribution in [3.05, 3.63) is 64.7 Å². The lowest BCUT2D eigenvalue weighted by molar-refractivity contribution is 0.0919. The highest BCUT2D eigenvalue weighted by Gasteiger charge is 2.12. The second kappa shape index (κ2) is 5.80. The Bertz CT molecular complexity index is 614. The lowest BCUT2D eigenvalue weighted by Gasteiger charge is -2.07. The Hall–Kier alpha value is -1.94. The number of carbonyl (C=O) groups excluding carboxylic acids is 1. The van der Waals surface area contributed by atoms with Crippen LogP contribution >= 0.6 is 11.6 Å². The minimum atomic E-state index is -0.855. The summed E-state index contributed by atoms with van der Waals surface area (Å²) in [6.45, 7) is -0.369. The summed E-state index contributed by atoms with van der Waals surface area (Å²) in [4.78, 5) is 11.8. The van der Waals surface area contributed by atoms with E-state index in [-0.39, 0.29) is 18.1 Å². The molecule has 0 saturated carbocycles. The first kappa shape index (κ1) is 13.5. The van der Waals surface area contributed by atoms with Gasteiger partial charge in [-0.3, -0.25) is 4.79 Å². The Labute approximate surface area is 113 Å². The maximum Gasteiger partial charge on any atom is 0.201 e. The number of benzene rings is 2. The predicted octanol–water partition coefficient (Wildman–Crippen LogP) is 3.88. The summed E-state index contributed by atoms with van der Waals surface area (Å²) in [5.74, 6) is -2.12. The van der Waals surface area contributed by atoms with Gasteiger partial charge in [0, 0.05) is 11.6 Å². The number of hydrogen-bond donors (Lipinski definition) is 0. The van der Waals surface area contributed by atoms with Crippen LogP contribution in [-0.4, -0.2) is 12.4 Å². The SMILES string of the molecule is O=C(COc1ccc(F)cc1F)c1ccccc1Cl. The number of ether oxygens (including phenoxy) is 1. The van der Waals surface area contributed by atoms with Crippen molar-refractivity contribution in [1.29, 1.82) is 0 Å². The monoisotopic (exact) mass is 282 g/mol. The molecule has 0 aliphatic carbocycles. The van der Waals surface area contributed by atoms with E-state index in [1.54, 1.807) is 24.3 Å². The fraction of sp³-hybridized carbons (Fsp3) is 0.0714. The lowest BCUT2D eigenvalue weighted by atomic mass is 10.1. The van der Waals surface area contributed by atoms with Gasteiger partial charge < -0.3 is 4.74 Å². The highest BCUT2D eigenvalue weighted by Crippen LogP contribution is 2.19. The molecule has 19 heavy (non-hydrogen) atoms. The third kappa shape index (κ3) is 3.29. The number of Topliss-reactive ketones (excluding diaryl/α,β-unsaturated/α-hetero) is 1. The first-order chi connectivity index (χ1) is 9.08. The van der Waals surface area contributed by atoms with Crippen LogP contribution < -0.4 is 4.74 Å². The van der Waals surface area contributed by atoms with Crippen LogP contribution in [0.25, 0.3) is 0 Å². The van der Waals surface area contributed by atoms with E-state index in [0.717, 1.165) is 12.1 Å². The molecule has 2 aromatic rings. The summed E-state index contributed by atoms with van der Waals surface area (Å²) in [6, 6.07) is 9.36. The van der Waals surface area contributed by atoms with E-state index in [4.69, 9.17) is 16.3 Å². The smallest absolute Gasteiger partial charge is 0.201 e. The first-order valence-corrected chi connectivity index (χ1v) is 5.81. The van der Waals surface area contributed by atoms with Crippen LogP contribution in [0.15, 0.2) is 42.5 Å². The van der Waals surface area contributed by atoms with E-state index < -0.39 is 11.6 Å². The molecule has 2 aromatic carbocycles. The number of rotatable bonds is 4. The second-order valence-electron chi connectivity index (χ2n) is 3.77. The van der Waals surface area contributed by atoms with Crippen LogP contribution in [0.3, 0.4) is 0 Å². The van der Waals surface area contributed by atoms with Crippen molar-refractivity contribution in [2.24, 2.45) is 0 Å². The standard InChI is InChI=1S/C14H9ClF2O2/c15-11-4-2-1-3-10(11)13(18)8-19-14-6-5-9(16)7-12(14)17/h1-7H,8H2. The molecular formula is C14H9ClF2O2. The van der Waals surface area contributed by atoms with Crippen LogP contribution in [0.2, 0.25) is 5.02 Å². The van der Waals surface area contributed by atoms with Crippen molar-refractivity contribution in [2.75, 3.05) is 6.61 Å². The first-order valence-electron chi connectivity index (χ1n) is 5.43. The molecule has 0 unspecified atom stereocenters. The quantitative estimate of drug-likeness (QED) is 0.796. The highest BCUT2D eigenvalue weighted by atomic mass is 35.5. The molecule has 0 heterocycles. The van der Waals surface area contributed by atoms with Crippen molar-refractivity contribution in [3.8, 4) is 5.75 Å². The molecule has 0 N–H and O–H groups in total. The minimum Gasteiger partial charge on any atom is -0.482 e. The molecule has 0 radical (unpaired) electrons. The number of ketones is 1. The fourth-order valence-corrected chi connectivity index (χ4v) is 1.74. The van der Waals surface area contributed by atoms with E-state index in [1.807, 2.05) is 0 Å². The normalized spacial score (nSPS) is 10.3. The van der Waals surface area contributed by atoms with Gasteiger partial charge in [0.05, 0.1) is 5.02 Å². The zero-order valence-corrected chi connectivity index (χ0v) is 10.5. The molecule has 0 atom stereocenters. The molecule has 2 rings (SSSR count). The second-order valence-corrected chi connectivity index (χ2v) is 4.17. The van der Waals surface area contributed by atoms with Gasteiger partial charge in [0.1, 0.15) is 5.82 Å². The van der Waals surface area contributed by atoms with Crippen molar-refractivity contribution in [2.45, 2.75) is 0 Å². The van der Waals surface area contributed by atoms with Gasteiger partial charge in [-0.25, -0.2) is 8.78 Å². The number of hydrogen-bond acceptors (Lipinski definition) is 2. The Morgan fingerprint density at radius 3 is 2.58 bits per heavy atom. The molecule has 0 saturated heterocycles. The van der Waals surface area contributed by atoms with E-state index in [9.17, 15) is 13.6 Å². The molecule has 0 spiro atoms. The van der Waals surface area contributed by atoms with Crippen LogP contribution in [0, 0.1) is 11.6 Å². The average Bonchev–Trinajstić information content (AvgIpc) is 2.38. The van der Waals surface area contributed by atoms with Crippen molar-refractivity contribution in [1.82, 2.24) is 0 Å². The van der Waals surface area contributed by atoms with Gasteiger partial charge in [0.25, 0.3) is 0 Å². The number of halogens is 3. The lowest BCUT2D eigenvalue weighted by Crippen LogP contribution is -2.12. The highest BCUT2D eigenvalue weighted by molar-refractivity contribution is 6.34. The topological polar surface area (TPSA) is 26.3 Å². The van der Waals surface area contributed by atoms with E-state index >= 15 is 0 Å². The van der Waals surface area contributed by atoms with Gasteiger partial charge >= 0.3 is 0 Å². The summed E-state index contributed by atoms with van der Waals surface area (Å²) in [5, 5.41) is 0.302.